The van der Waals surface area contributed by atoms with E-state index in [0.717, 1.165) is 137 Å². The van der Waals surface area contributed by atoms with E-state index in [0.29, 0.717) is 12.8 Å². The lowest BCUT2D eigenvalue weighted by molar-refractivity contribution is -0.921. The number of unbranched alkanes of at least 4 members (excludes halogenated alkanes) is 9. The van der Waals surface area contributed by atoms with Gasteiger partial charge in [0.2, 0.25) is 11.8 Å². The average molecular weight is 725 g/mol. The highest BCUT2D eigenvalue weighted by molar-refractivity contribution is 5.76. The number of carbonyl (C=O) groups is 2. The number of carbonyl (C=O) groups excluding carboxylic acids is 2. The number of hydrogen-bond donors (Lipinski definition) is 0. The van der Waals surface area contributed by atoms with E-state index in [1.54, 1.807) is 14.2 Å². The van der Waals surface area contributed by atoms with Gasteiger partial charge in [-0.05, 0) is 89.5 Å². The molecule has 0 saturated heterocycles. The summed E-state index contributed by atoms with van der Waals surface area (Å²) in [4.78, 5) is 29.3. The van der Waals surface area contributed by atoms with E-state index in [9.17, 15) is 9.59 Å². The number of para-hydroxylation sites is 2. The van der Waals surface area contributed by atoms with Crippen LogP contribution in [-0.2, 0) is 22.7 Å². The second kappa shape index (κ2) is 25.0. The number of methoxy groups -OCH3 is 2. The molecule has 0 bridgehead atoms. The van der Waals surface area contributed by atoms with E-state index in [1.165, 1.54) is 24.0 Å². The molecule has 8 heteroatoms. The molecule has 0 saturated carbocycles. The number of hydrogen-bond acceptors (Lipinski definition) is 4. The second-order valence-electron chi connectivity index (χ2n) is 15.6. The Morgan fingerprint density at radius 2 is 0.885 bits per heavy atom. The second-order valence-corrected chi connectivity index (χ2v) is 15.6. The van der Waals surface area contributed by atoms with Gasteiger partial charge in [0, 0.05) is 51.2 Å². The monoisotopic (exact) mass is 725 g/mol. The SMILES string of the molecule is CC[N+](C)(CCCCCC(=O)N(C)CCCCCCCCN(C)C(=O)CCCCC[N+](C)(CC)Cc1ccccc1OC)Cc1ccccc1OC. The Kier molecular flexibility index (Phi) is 21.7. The first-order valence-corrected chi connectivity index (χ1v) is 20.4. The van der Waals surface area contributed by atoms with Crippen molar-refractivity contribution in [2.24, 2.45) is 0 Å². The Labute approximate surface area is 318 Å². The van der Waals surface area contributed by atoms with Crippen molar-refractivity contribution in [1.29, 1.82) is 0 Å². The zero-order valence-corrected chi connectivity index (χ0v) is 34.6. The molecule has 2 aromatic carbocycles. The first kappa shape index (κ1) is 45.1. The summed E-state index contributed by atoms with van der Waals surface area (Å²) in [6, 6.07) is 16.6. The van der Waals surface area contributed by atoms with Gasteiger partial charge in [0.05, 0.1) is 54.5 Å². The van der Waals surface area contributed by atoms with E-state index in [-0.39, 0.29) is 11.8 Å². The number of amides is 2. The number of benzene rings is 2. The molecule has 0 aliphatic heterocycles. The molecule has 0 heterocycles. The number of nitrogens with zero attached hydrogens (tertiary/aromatic N) is 4. The van der Waals surface area contributed by atoms with Crippen LogP contribution in [0, 0.1) is 0 Å². The maximum Gasteiger partial charge on any atom is 0.222 e. The Hall–Kier alpha value is -3.10. The summed E-state index contributed by atoms with van der Waals surface area (Å²) in [5.74, 6) is 2.48. The molecule has 0 spiro atoms. The van der Waals surface area contributed by atoms with Crippen molar-refractivity contribution >= 4 is 11.8 Å². The van der Waals surface area contributed by atoms with Gasteiger partial charge < -0.3 is 28.2 Å². The quantitative estimate of drug-likeness (QED) is 0.0623. The minimum atomic E-state index is 0.275. The van der Waals surface area contributed by atoms with E-state index < -0.39 is 0 Å². The smallest absolute Gasteiger partial charge is 0.222 e. The fraction of sp³-hybridized carbons (Fsp3) is 0.682. The summed E-state index contributed by atoms with van der Waals surface area (Å²) in [5.41, 5.74) is 2.52. The molecular formula is C44H76N4O4+2. The molecule has 52 heavy (non-hydrogen) atoms. The average Bonchev–Trinajstić information content (AvgIpc) is 3.15. The van der Waals surface area contributed by atoms with Crippen LogP contribution in [0.3, 0.4) is 0 Å². The summed E-state index contributed by atoms with van der Waals surface area (Å²) < 4.78 is 13.1. The van der Waals surface area contributed by atoms with Gasteiger partial charge >= 0.3 is 0 Å². The fourth-order valence-electron chi connectivity index (χ4n) is 7.12. The molecule has 0 aliphatic carbocycles. The summed E-state index contributed by atoms with van der Waals surface area (Å²) in [5, 5.41) is 0. The van der Waals surface area contributed by atoms with Crippen molar-refractivity contribution in [2.45, 2.75) is 117 Å². The van der Waals surface area contributed by atoms with Crippen LogP contribution >= 0.6 is 0 Å². The van der Waals surface area contributed by atoms with Crippen LogP contribution in [0.25, 0.3) is 0 Å². The van der Waals surface area contributed by atoms with Crippen LogP contribution in [0.1, 0.15) is 115 Å². The molecule has 2 atom stereocenters. The molecule has 2 rings (SSSR count). The lowest BCUT2D eigenvalue weighted by atomic mass is 10.1. The van der Waals surface area contributed by atoms with Crippen molar-refractivity contribution in [3.63, 3.8) is 0 Å². The van der Waals surface area contributed by atoms with E-state index in [1.807, 2.05) is 48.2 Å². The van der Waals surface area contributed by atoms with Gasteiger partial charge in [-0.25, -0.2) is 0 Å². The maximum absolute atomic E-state index is 12.7. The molecule has 0 fully saturated rings. The lowest BCUT2D eigenvalue weighted by Gasteiger charge is -2.34. The van der Waals surface area contributed by atoms with Crippen LogP contribution in [0.2, 0.25) is 0 Å². The van der Waals surface area contributed by atoms with Crippen LogP contribution < -0.4 is 9.47 Å². The van der Waals surface area contributed by atoms with Gasteiger partial charge in [-0.15, -0.1) is 0 Å². The van der Waals surface area contributed by atoms with E-state index >= 15 is 0 Å². The Morgan fingerprint density at radius 3 is 1.25 bits per heavy atom. The summed E-state index contributed by atoms with van der Waals surface area (Å²) >= 11 is 0. The third-order valence-corrected chi connectivity index (χ3v) is 11.3. The van der Waals surface area contributed by atoms with Crippen molar-refractivity contribution in [1.82, 2.24) is 9.80 Å². The predicted octanol–water partition coefficient (Wildman–Crippen LogP) is 8.72. The molecular weight excluding hydrogens is 649 g/mol. The standard InChI is InChI=1S/C44H76N4O4/c1-9-47(5,37-39-27-19-21-29-41(39)51-7)35-25-15-17-31-43(49)45(3)33-23-13-11-12-14-24-34-46(4)44(50)32-18-16-26-36-48(6,10-2)38-40-28-20-22-30-42(40)52-8/h19-22,27-30H,9-18,23-26,31-38H2,1-8H3/q+2. The summed E-state index contributed by atoms with van der Waals surface area (Å²) in [7, 11) is 12.0. The fourth-order valence-corrected chi connectivity index (χ4v) is 7.12. The van der Waals surface area contributed by atoms with Gasteiger partial charge in [-0.3, -0.25) is 9.59 Å². The minimum Gasteiger partial charge on any atom is -0.496 e. The molecule has 0 radical (unpaired) electrons. The third-order valence-electron chi connectivity index (χ3n) is 11.3. The maximum atomic E-state index is 12.7. The molecule has 2 unspecified atom stereocenters. The highest BCUT2D eigenvalue weighted by atomic mass is 16.5. The Morgan fingerprint density at radius 1 is 0.538 bits per heavy atom. The van der Waals surface area contributed by atoms with E-state index in [4.69, 9.17) is 9.47 Å². The van der Waals surface area contributed by atoms with Crippen LogP contribution in [0.5, 0.6) is 11.5 Å². The Bertz CT molecular complexity index is 1190. The molecule has 0 aromatic heterocycles. The van der Waals surface area contributed by atoms with Crippen LogP contribution in [-0.4, -0.2) is 112 Å². The predicted molar refractivity (Wildman–Crippen MR) is 216 cm³/mol. The zero-order chi connectivity index (χ0) is 38.2. The molecule has 0 N–H and O–H groups in total. The van der Waals surface area contributed by atoms with Crippen molar-refractivity contribution in [3.8, 4) is 11.5 Å². The van der Waals surface area contributed by atoms with E-state index in [2.05, 4.69) is 52.2 Å². The Balaban J connectivity index is 1.48. The van der Waals surface area contributed by atoms with Gasteiger partial charge in [-0.2, -0.15) is 0 Å². The van der Waals surface area contributed by atoms with Gasteiger partial charge in [0.15, 0.2) is 0 Å². The van der Waals surface area contributed by atoms with Crippen LogP contribution in [0.15, 0.2) is 48.5 Å². The van der Waals surface area contributed by atoms with Crippen molar-refractivity contribution < 1.29 is 28.0 Å². The third kappa shape index (κ3) is 17.2. The van der Waals surface area contributed by atoms with Gasteiger partial charge in [0.1, 0.15) is 24.6 Å². The molecule has 8 nitrogen and oxygen atoms in total. The summed E-state index contributed by atoms with van der Waals surface area (Å²) in [6.07, 6.45) is 14.5. The largest absolute Gasteiger partial charge is 0.496 e. The molecule has 0 aliphatic rings. The van der Waals surface area contributed by atoms with Gasteiger partial charge in [0.25, 0.3) is 0 Å². The van der Waals surface area contributed by atoms with Gasteiger partial charge in [-0.1, -0.05) is 49.9 Å². The number of ether oxygens (including phenoxy) is 2. The zero-order valence-electron chi connectivity index (χ0n) is 34.6. The number of rotatable bonds is 29. The highest BCUT2D eigenvalue weighted by Gasteiger charge is 2.23. The normalized spacial score (nSPS) is 13.6. The molecule has 294 valence electrons. The van der Waals surface area contributed by atoms with Crippen LogP contribution in [0.4, 0.5) is 0 Å². The first-order chi connectivity index (χ1) is 25.0. The lowest BCUT2D eigenvalue weighted by Crippen LogP contribution is -2.43. The molecule has 2 aromatic rings. The van der Waals surface area contributed by atoms with Crippen molar-refractivity contribution in [3.05, 3.63) is 59.7 Å². The van der Waals surface area contributed by atoms with Crippen molar-refractivity contribution in [2.75, 3.05) is 81.7 Å². The topological polar surface area (TPSA) is 59.1 Å². The molecule has 2 amide bonds. The first-order valence-electron chi connectivity index (χ1n) is 20.4. The highest BCUT2D eigenvalue weighted by Crippen LogP contribution is 2.24. The number of quaternary nitrogens is 2. The minimum absolute atomic E-state index is 0.275. The summed E-state index contributed by atoms with van der Waals surface area (Å²) in [6.45, 7) is 12.5.